The molecule has 0 unspecified atom stereocenters. The summed E-state index contributed by atoms with van der Waals surface area (Å²) in [5.74, 6) is 0.615. The van der Waals surface area contributed by atoms with Crippen LogP contribution in [-0.4, -0.2) is 66.9 Å². The molecule has 2 fully saturated rings. The second-order valence-corrected chi connectivity index (χ2v) is 11.4. The topological polar surface area (TPSA) is 83.5 Å². The lowest BCUT2D eigenvalue weighted by atomic mass is 10.0. The quantitative estimate of drug-likeness (QED) is 0.603. The van der Waals surface area contributed by atoms with Gasteiger partial charge in [-0.1, -0.05) is 29.8 Å². The fraction of sp³-hybridized carbons (Fsp3) is 0.409. The number of carbonyl (C=O) groups is 1. The summed E-state index contributed by atoms with van der Waals surface area (Å²) in [6.07, 6.45) is 2.05. The van der Waals surface area contributed by atoms with E-state index in [2.05, 4.69) is 51.4 Å². The van der Waals surface area contributed by atoms with E-state index in [1.54, 1.807) is 17.7 Å². The number of fused-ring (bicyclic) bond motifs is 1. The molecular formula is C22H24N4O3S2. The van der Waals surface area contributed by atoms with Crippen LogP contribution < -0.4 is 4.90 Å². The number of aryl methyl sites for hydroxylation is 1. The molecule has 0 saturated carbocycles. The number of nitrogens with zero attached hydrogens (tertiary/aromatic N) is 4. The number of hydrogen-bond donors (Lipinski definition) is 0. The highest BCUT2D eigenvalue weighted by Gasteiger charge is 2.36. The van der Waals surface area contributed by atoms with Crippen LogP contribution in [0.4, 0.5) is 5.82 Å². The summed E-state index contributed by atoms with van der Waals surface area (Å²) >= 11 is 1.61. The van der Waals surface area contributed by atoms with E-state index in [0.29, 0.717) is 32.6 Å². The van der Waals surface area contributed by atoms with Gasteiger partial charge in [0.15, 0.2) is 9.84 Å². The monoisotopic (exact) mass is 456 g/mol. The first-order chi connectivity index (χ1) is 14.9. The number of benzene rings is 1. The van der Waals surface area contributed by atoms with Gasteiger partial charge < -0.3 is 9.80 Å². The summed E-state index contributed by atoms with van der Waals surface area (Å²) in [4.78, 5) is 26.8. The number of carbonyl (C=O) groups excluding carboxylic acids is 1. The molecule has 3 aromatic rings. The maximum atomic E-state index is 12.8. The summed E-state index contributed by atoms with van der Waals surface area (Å²) in [6.45, 7) is 4.56. The van der Waals surface area contributed by atoms with Crippen LogP contribution in [0.1, 0.15) is 12.0 Å². The molecule has 2 aliphatic heterocycles. The van der Waals surface area contributed by atoms with Crippen molar-refractivity contribution in [3.05, 3.63) is 41.5 Å². The van der Waals surface area contributed by atoms with Crippen LogP contribution in [0.2, 0.25) is 0 Å². The third kappa shape index (κ3) is 3.92. The molecule has 0 aliphatic carbocycles. The fourth-order valence-electron chi connectivity index (χ4n) is 4.43. The summed E-state index contributed by atoms with van der Waals surface area (Å²) in [6, 6.07) is 8.46. The van der Waals surface area contributed by atoms with E-state index >= 15 is 0 Å². The molecular weight excluding hydrogens is 432 g/mol. The SMILES string of the molecule is Cc1ccc(-c2csc3ncnc(N4CCN(C(=O)[C@H]5CCS(=O)(=O)C5)CC4)c23)cc1. The predicted molar refractivity (Wildman–Crippen MR) is 123 cm³/mol. The molecule has 0 N–H and O–H groups in total. The third-order valence-corrected chi connectivity index (χ3v) is 8.84. The molecule has 0 bridgehead atoms. The fourth-order valence-corrected chi connectivity index (χ4v) is 7.07. The van der Waals surface area contributed by atoms with Crippen LogP contribution in [-0.2, 0) is 14.6 Å². The highest BCUT2D eigenvalue weighted by atomic mass is 32.2. The largest absolute Gasteiger partial charge is 0.352 e. The van der Waals surface area contributed by atoms with Gasteiger partial charge in [-0.05, 0) is 18.9 Å². The molecule has 2 saturated heterocycles. The minimum atomic E-state index is -3.06. The number of rotatable bonds is 3. The van der Waals surface area contributed by atoms with Crippen LogP contribution in [0.5, 0.6) is 0 Å². The van der Waals surface area contributed by atoms with Crippen molar-refractivity contribution in [3.8, 4) is 11.1 Å². The Bertz CT molecular complexity index is 1230. The highest BCUT2D eigenvalue weighted by molar-refractivity contribution is 7.91. The Morgan fingerprint density at radius 2 is 1.84 bits per heavy atom. The molecule has 2 aromatic heterocycles. The molecule has 1 amide bonds. The Morgan fingerprint density at radius 3 is 2.52 bits per heavy atom. The van der Waals surface area contributed by atoms with Gasteiger partial charge in [0.2, 0.25) is 5.91 Å². The summed E-state index contributed by atoms with van der Waals surface area (Å²) in [7, 11) is -3.06. The lowest BCUT2D eigenvalue weighted by Crippen LogP contribution is -2.50. The average Bonchev–Trinajstić information content (AvgIpc) is 3.37. The maximum Gasteiger partial charge on any atom is 0.226 e. The summed E-state index contributed by atoms with van der Waals surface area (Å²) in [5, 5.41) is 3.19. The van der Waals surface area contributed by atoms with Gasteiger partial charge >= 0.3 is 0 Å². The van der Waals surface area contributed by atoms with Crippen LogP contribution in [0.3, 0.4) is 0 Å². The zero-order valence-electron chi connectivity index (χ0n) is 17.3. The number of anilines is 1. The number of thiophene rings is 1. The molecule has 162 valence electrons. The lowest BCUT2D eigenvalue weighted by Gasteiger charge is -2.36. The highest BCUT2D eigenvalue weighted by Crippen LogP contribution is 2.38. The number of hydrogen-bond acceptors (Lipinski definition) is 7. The summed E-state index contributed by atoms with van der Waals surface area (Å²) < 4.78 is 23.5. The Morgan fingerprint density at radius 1 is 1.10 bits per heavy atom. The Balaban J connectivity index is 1.37. The standard InChI is InChI=1S/C22H24N4O3S2/c1-15-2-4-16(5-3-15)18-12-30-21-19(18)20(23-14-24-21)25-7-9-26(10-8-25)22(27)17-6-11-31(28,29)13-17/h2-5,12,14,17H,6-11,13H2,1H3/t17-/m0/s1. The van der Waals surface area contributed by atoms with Crippen molar-refractivity contribution in [2.75, 3.05) is 42.6 Å². The van der Waals surface area contributed by atoms with Crippen molar-refractivity contribution in [3.63, 3.8) is 0 Å². The second-order valence-electron chi connectivity index (χ2n) is 8.31. The van der Waals surface area contributed by atoms with Gasteiger partial charge in [-0.15, -0.1) is 11.3 Å². The first-order valence-electron chi connectivity index (χ1n) is 10.4. The molecule has 7 nitrogen and oxygen atoms in total. The molecule has 9 heteroatoms. The number of piperazine rings is 1. The Labute approximate surface area is 185 Å². The minimum absolute atomic E-state index is 0.00655. The molecule has 2 aliphatic rings. The lowest BCUT2D eigenvalue weighted by molar-refractivity contribution is -0.135. The normalized spacial score (nSPS) is 21.0. The Kier molecular flexibility index (Phi) is 5.18. The molecule has 1 atom stereocenters. The number of aromatic nitrogens is 2. The molecule has 5 rings (SSSR count). The summed E-state index contributed by atoms with van der Waals surface area (Å²) in [5.41, 5.74) is 3.49. The van der Waals surface area contributed by atoms with Crippen molar-refractivity contribution in [1.82, 2.24) is 14.9 Å². The van der Waals surface area contributed by atoms with Gasteiger partial charge in [0, 0.05) is 37.1 Å². The van der Waals surface area contributed by atoms with Crippen LogP contribution >= 0.6 is 11.3 Å². The van der Waals surface area contributed by atoms with E-state index in [9.17, 15) is 13.2 Å². The van der Waals surface area contributed by atoms with Crippen molar-refractivity contribution < 1.29 is 13.2 Å². The van der Waals surface area contributed by atoms with E-state index in [0.717, 1.165) is 27.2 Å². The van der Waals surface area contributed by atoms with Gasteiger partial charge in [-0.3, -0.25) is 4.79 Å². The van der Waals surface area contributed by atoms with Gasteiger partial charge in [0.25, 0.3) is 0 Å². The molecule has 4 heterocycles. The molecule has 0 spiro atoms. The van der Waals surface area contributed by atoms with E-state index < -0.39 is 9.84 Å². The van der Waals surface area contributed by atoms with E-state index in [1.165, 1.54) is 5.56 Å². The van der Waals surface area contributed by atoms with Gasteiger partial charge in [0.05, 0.1) is 22.8 Å². The van der Waals surface area contributed by atoms with E-state index in [1.807, 2.05) is 4.90 Å². The van der Waals surface area contributed by atoms with Gasteiger partial charge in [0.1, 0.15) is 17.0 Å². The smallest absolute Gasteiger partial charge is 0.226 e. The third-order valence-electron chi connectivity index (χ3n) is 6.19. The first-order valence-corrected chi connectivity index (χ1v) is 13.1. The second kappa shape index (κ2) is 7.87. The predicted octanol–water partition coefficient (Wildman–Crippen LogP) is 2.75. The van der Waals surface area contributed by atoms with Crippen LogP contribution in [0.15, 0.2) is 36.0 Å². The first kappa shape index (κ1) is 20.4. The molecule has 31 heavy (non-hydrogen) atoms. The van der Waals surface area contributed by atoms with Gasteiger partial charge in [-0.25, -0.2) is 18.4 Å². The van der Waals surface area contributed by atoms with Crippen molar-refractivity contribution >= 4 is 43.1 Å². The zero-order chi connectivity index (χ0) is 21.6. The van der Waals surface area contributed by atoms with Crippen molar-refractivity contribution in [2.24, 2.45) is 5.92 Å². The molecule has 1 aromatic carbocycles. The number of amides is 1. The Hall–Kier alpha value is -2.52. The van der Waals surface area contributed by atoms with E-state index in [-0.39, 0.29) is 23.3 Å². The van der Waals surface area contributed by atoms with Gasteiger partial charge in [-0.2, -0.15) is 0 Å². The van der Waals surface area contributed by atoms with Crippen LogP contribution in [0, 0.1) is 12.8 Å². The minimum Gasteiger partial charge on any atom is -0.352 e. The molecule has 0 radical (unpaired) electrons. The van der Waals surface area contributed by atoms with E-state index in [4.69, 9.17) is 0 Å². The number of sulfone groups is 1. The zero-order valence-corrected chi connectivity index (χ0v) is 19.0. The average molecular weight is 457 g/mol. The maximum absolute atomic E-state index is 12.8. The van der Waals surface area contributed by atoms with Crippen LogP contribution in [0.25, 0.3) is 21.3 Å². The van der Waals surface area contributed by atoms with Crippen molar-refractivity contribution in [2.45, 2.75) is 13.3 Å². The van der Waals surface area contributed by atoms with Crippen molar-refractivity contribution in [1.29, 1.82) is 0 Å².